The maximum absolute atomic E-state index is 4.51. The molecule has 8 heteroatoms. The maximum atomic E-state index is 4.51. The summed E-state index contributed by atoms with van der Waals surface area (Å²) in [7, 11) is 3.80. The summed E-state index contributed by atoms with van der Waals surface area (Å²) in [6, 6.07) is 16.1. The van der Waals surface area contributed by atoms with E-state index in [2.05, 4.69) is 47.5 Å². The van der Waals surface area contributed by atoms with Crippen LogP contribution in [0.4, 0.5) is 0 Å². The molecular weight excluding hydrogens is 376 g/mol. The highest BCUT2D eigenvalue weighted by molar-refractivity contribution is 5.79. The number of nitrogens with one attached hydrogen (secondary N) is 2. The molecule has 0 spiro atoms. The molecule has 2 N–H and O–H groups in total. The number of rotatable bonds is 7. The maximum Gasteiger partial charge on any atom is 0.193 e. The largest absolute Gasteiger partial charge is 0.356 e. The number of guanidine groups is 1. The van der Waals surface area contributed by atoms with Gasteiger partial charge in [0.15, 0.2) is 11.6 Å². The average Bonchev–Trinajstić information content (AvgIpc) is 3.41. The van der Waals surface area contributed by atoms with Crippen molar-refractivity contribution < 1.29 is 0 Å². The van der Waals surface area contributed by atoms with E-state index in [0.717, 1.165) is 53.9 Å². The van der Waals surface area contributed by atoms with Crippen molar-refractivity contribution in [2.75, 3.05) is 20.6 Å². The zero-order valence-corrected chi connectivity index (χ0v) is 17.3. The number of hydrogen-bond acceptors (Lipinski definition) is 4. The normalized spacial score (nSPS) is 11.7. The first-order valence-electron chi connectivity index (χ1n) is 10.0. The van der Waals surface area contributed by atoms with Crippen molar-refractivity contribution in [3.8, 4) is 11.3 Å². The van der Waals surface area contributed by atoms with Crippen LogP contribution in [0.25, 0.3) is 16.9 Å². The molecule has 3 aromatic heterocycles. The third-order valence-corrected chi connectivity index (χ3v) is 4.92. The van der Waals surface area contributed by atoms with E-state index in [9.17, 15) is 0 Å². The monoisotopic (exact) mass is 402 g/mol. The van der Waals surface area contributed by atoms with Gasteiger partial charge in [0.05, 0.1) is 18.4 Å². The van der Waals surface area contributed by atoms with Crippen LogP contribution in [0.5, 0.6) is 0 Å². The fourth-order valence-electron chi connectivity index (χ4n) is 3.40. The van der Waals surface area contributed by atoms with Crippen LogP contribution in [-0.4, -0.2) is 56.1 Å². The van der Waals surface area contributed by atoms with Gasteiger partial charge < -0.3 is 15.2 Å². The molecule has 3 heterocycles. The highest BCUT2D eigenvalue weighted by Gasteiger charge is 2.10. The first-order valence-corrected chi connectivity index (χ1v) is 10.0. The Morgan fingerprint density at radius 3 is 2.80 bits per heavy atom. The van der Waals surface area contributed by atoms with Gasteiger partial charge in [0.2, 0.25) is 0 Å². The number of aliphatic imine (C=N–C) groups is 1. The average molecular weight is 403 g/mol. The number of hydrogen-bond donors (Lipinski definition) is 2. The number of benzene rings is 1. The number of aromatic amines is 1. The molecule has 0 amide bonds. The topological polar surface area (TPSA) is 86.5 Å². The Kier molecular flexibility index (Phi) is 6.03. The van der Waals surface area contributed by atoms with Crippen LogP contribution in [0.1, 0.15) is 18.1 Å². The Morgan fingerprint density at radius 1 is 1.13 bits per heavy atom. The molecule has 0 aliphatic carbocycles. The lowest BCUT2D eigenvalue weighted by molar-refractivity contribution is 0.463. The summed E-state index contributed by atoms with van der Waals surface area (Å²) >= 11 is 0. The molecule has 0 saturated carbocycles. The molecule has 4 rings (SSSR count). The number of pyridine rings is 1. The zero-order chi connectivity index (χ0) is 20.8. The number of H-pyrrole nitrogens is 1. The van der Waals surface area contributed by atoms with E-state index in [1.165, 1.54) is 0 Å². The van der Waals surface area contributed by atoms with E-state index < -0.39 is 0 Å². The Labute approximate surface area is 175 Å². The predicted octanol–water partition coefficient (Wildman–Crippen LogP) is 2.76. The Balaban J connectivity index is 1.28. The second-order valence-corrected chi connectivity index (χ2v) is 7.09. The highest BCUT2D eigenvalue weighted by atomic mass is 15.3. The van der Waals surface area contributed by atoms with Gasteiger partial charge in [-0.2, -0.15) is 0 Å². The lowest BCUT2D eigenvalue weighted by Gasteiger charge is -2.21. The lowest BCUT2D eigenvalue weighted by Crippen LogP contribution is -2.39. The van der Waals surface area contributed by atoms with Crippen LogP contribution in [0.15, 0.2) is 65.9 Å². The van der Waals surface area contributed by atoms with Crippen molar-refractivity contribution in [1.82, 2.24) is 34.8 Å². The first kappa shape index (κ1) is 19.6. The molecule has 30 heavy (non-hydrogen) atoms. The van der Waals surface area contributed by atoms with Gasteiger partial charge in [0.1, 0.15) is 11.6 Å². The summed E-state index contributed by atoms with van der Waals surface area (Å²) in [4.78, 5) is 14.3. The van der Waals surface area contributed by atoms with Crippen molar-refractivity contribution in [3.63, 3.8) is 0 Å². The Bertz CT molecular complexity index is 1110. The standard InChI is InChI=1S/C22H26N8/c1-23-22(24-13-8-12-21-28-27-20-11-6-7-14-30(20)21)29(2)16-19-25-15-18(26-19)17-9-4-3-5-10-17/h3-7,9-11,14-15H,8,12-13,16H2,1-2H3,(H,23,24)(H,25,26). The molecule has 1 aromatic carbocycles. The molecule has 0 bridgehead atoms. The van der Waals surface area contributed by atoms with Crippen molar-refractivity contribution in [2.24, 2.45) is 4.99 Å². The second kappa shape index (κ2) is 9.21. The third kappa shape index (κ3) is 4.48. The summed E-state index contributed by atoms with van der Waals surface area (Å²) in [5, 5.41) is 11.9. The van der Waals surface area contributed by atoms with Crippen LogP contribution >= 0.6 is 0 Å². The van der Waals surface area contributed by atoms with Crippen molar-refractivity contribution in [3.05, 3.63) is 72.6 Å². The summed E-state index contributed by atoms with van der Waals surface area (Å²) in [5.41, 5.74) is 3.02. The van der Waals surface area contributed by atoms with Gasteiger partial charge in [-0.25, -0.2) is 4.98 Å². The number of imidazole rings is 1. The minimum atomic E-state index is 0.640. The zero-order valence-electron chi connectivity index (χ0n) is 17.3. The van der Waals surface area contributed by atoms with Crippen LogP contribution in [0, 0.1) is 0 Å². The van der Waals surface area contributed by atoms with Gasteiger partial charge in [-0.15, -0.1) is 10.2 Å². The van der Waals surface area contributed by atoms with Gasteiger partial charge in [-0.3, -0.25) is 9.39 Å². The SMILES string of the molecule is CN=C(NCCCc1nnc2ccccn12)N(C)Cc1ncc(-c2ccccc2)[nH]1. The van der Waals surface area contributed by atoms with Crippen LogP contribution in [-0.2, 0) is 13.0 Å². The molecule has 0 radical (unpaired) electrons. The second-order valence-electron chi connectivity index (χ2n) is 7.09. The van der Waals surface area contributed by atoms with Crippen molar-refractivity contribution in [2.45, 2.75) is 19.4 Å². The molecule has 8 nitrogen and oxygen atoms in total. The third-order valence-electron chi connectivity index (χ3n) is 4.92. The van der Waals surface area contributed by atoms with E-state index in [0.29, 0.717) is 6.54 Å². The van der Waals surface area contributed by atoms with E-state index >= 15 is 0 Å². The molecule has 154 valence electrons. The molecule has 4 aromatic rings. The highest BCUT2D eigenvalue weighted by Crippen LogP contribution is 2.16. The van der Waals surface area contributed by atoms with E-state index in [4.69, 9.17) is 0 Å². The Hall–Kier alpha value is -3.68. The minimum Gasteiger partial charge on any atom is -0.356 e. The first-order chi connectivity index (χ1) is 14.7. The van der Waals surface area contributed by atoms with Gasteiger partial charge >= 0.3 is 0 Å². The van der Waals surface area contributed by atoms with Crippen LogP contribution in [0.2, 0.25) is 0 Å². The molecular formula is C22H26N8. The number of aromatic nitrogens is 5. The molecule has 0 fully saturated rings. The Morgan fingerprint density at radius 2 is 1.97 bits per heavy atom. The van der Waals surface area contributed by atoms with Gasteiger partial charge in [0.25, 0.3) is 0 Å². The molecule has 0 atom stereocenters. The summed E-state index contributed by atoms with van der Waals surface area (Å²) in [5.74, 6) is 2.70. The molecule has 0 unspecified atom stereocenters. The van der Waals surface area contributed by atoms with E-state index in [-0.39, 0.29) is 0 Å². The van der Waals surface area contributed by atoms with E-state index in [1.54, 1.807) is 7.05 Å². The minimum absolute atomic E-state index is 0.640. The molecule has 0 aliphatic heterocycles. The van der Waals surface area contributed by atoms with Gasteiger partial charge in [-0.05, 0) is 24.1 Å². The van der Waals surface area contributed by atoms with Gasteiger partial charge in [-0.1, -0.05) is 36.4 Å². The molecule has 0 saturated heterocycles. The lowest BCUT2D eigenvalue weighted by atomic mass is 10.2. The van der Waals surface area contributed by atoms with Crippen LogP contribution in [0.3, 0.4) is 0 Å². The number of aryl methyl sites for hydroxylation is 1. The quantitative estimate of drug-likeness (QED) is 0.282. The number of fused-ring (bicyclic) bond motifs is 1. The summed E-state index contributed by atoms with van der Waals surface area (Å²) < 4.78 is 2.03. The fraction of sp³-hybridized carbons (Fsp3) is 0.273. The summed E-state index contributed by atoms with van der Waals surface area (Å²) in [6.45, 7) is 1.44. The smallest absolute Gasteiger partial charge is 0.193 e. The van der Waals surface area contributed by atoms with Crippen molar-refractivity contribution >= 4 is 11.6 Å². The van der Waals surface area contributed by atoms with Crippen LogP contribution < -0.4 is 5.32 Å². The van der Waals surface area contributed by atoms with Gasteiger partial charge in [0, 0.05) is 33.3 Å². The fourth-order valence-corrected chi connectivity index (χ4v) is 3.40. The van der Waals surface area contributed by atoms with Crippen molar-refractivity contribution in [1.29, 1.82) is 0 Å². The predicted molar refractivity (Wildman–Crippen MR) is 118 cm³/mol. The summed E-state index contributed by atoms with van der Waals surface area (Å²) in [6.07, 6.45) is 5.65. The van der Waals surface area contributed by atoms with E-state index in [1.807, 2.05) is 60.2 Å². The molecule has 0 aliphatic rings. The number of nitrogens with zero attached hydrogens (tertiary/aromatic N) is 6.